The van der Waals surface area contributed by atoms with E-state index in [2.05, 4.69) is 17.1 Å². The lowest BCUT2D eigenvalue weighted by Gasteiger charge is -2.33. The van der Waals surface area contributed by atoms with Crippen molar-refractivity contribution in [1.29, 1.82) is 0 Å². The van der Waals surface area contributed by atoms with Crippen LogP contribution in [-0.4, -0.2) is 43.7 Å². The molecule has 0 aliphatic carbocycles. The topological polar surface area (TPSA) is 24.5 Å². The van der Waals surface area contributed by atoms with E-state index in [0.29, 0.717) is 6.04 Å². The van der Waals surface area contributed by atoms with Gasteiger partial charge < -0.3 is 10.1 Å². The summed E-state index contributed by atoms with van der Waals surface area (Å²) in [6.07, 6.45) is 0. The molecule has 102 valence electrons. The van der Waals surface area contributed by atoms with E-state index in [1.165, 1.54) is 0 Å². The highest BCUT2D eigenvalue weighted by Crippen LogP contribution is 2.15. The second-order valence-corrected chi connectivity index (χ2v) is 4.83. The van der Waals surface area contributed by atoms with Crippen molar-refractivity contribution in [2.24, 2.45) is 0 Å². The van der Waals surface area contributed by atoms with Gasteiger partial charge in [-0.15, -0.1) is 12.4 Å². The van der Waals surface area contributed by atoms with E-state index in [1.54, 1.807) is 0 Å². The predicted octanol–water partition coefficient (Wildman–Crippen LogP) is 2.43. The first-order valence-electron chi connectivity index (χ1n) is 6.09. The number of hydrogen-bond donors (Lipinski definition) is 1. The van der Waals surface area contributed by atoms with Crippen LogP contribution in [0.15, 0.2) is 24.3 Å². The number of piperazine rings is 1. The molecule has 1 aromatic carbocycles. The van der Waals surface area contributed by atoms with Gasteiger partial charge in [0.15, 0.2) is 0 Å². The molecule has 5 heteroatoms. The molecule has 1 saturated heterocycles. The Morgan fingerprint density at radius 1 is 1.39 bits per heavy atom. The summed E-state index contributed by atoms with van der Waals surface area (Å²) in [4.78, 5) is 2.45. The SMILES string of the molecule is C[C@@H]1CNCCN1CCOc1ccc(Cl)cc1.Cl. The summed E-state index contributed by atoms with van der Waals surface area (Å²) in [7, 11) is 0. The van der Waals surface area contributed by atoms with Crippen LogP contribution in [0.2, 0.25) is 5.02 Å². The molecule has 1 heterocycles. The van der Waals surface area contributed by atoms with E-state index < -0.39 is 0 Å². The Hall–Kier alpha value is -0.480. The molecular formula is C13H20Cl2N2O. The fourth-order valence-electron chi connectivity index (χ4n) is 2.03. The molecule has 3 nitrogen and oxygen atoms in total. The van der Waals surface area contributed by atoms with Gasteiger partial charge in [0.05, 0.1) is 0 Å². The molecule has 18 heavy (non-hydrogen) atoms. The smallest absolute Gasteiger partial charge is 0.119 e. The summed E-state index contributed by atoms with van der Waals surface area (Å²) in [6.45, 7) is 7.20. The first-order valence-corrected chi connectivity index (χ1v) is 6.46. The van der Waals surface area contributed by atoms with Crippen LogP contribution in [0.3, 0.4) is 0 Å². The number of benzene rings is 1. The van der Waals surface area contributed by atoms with Gasteiger partial charge in [0.2, 0.25) is 0 Å². The Labute approximate surface area is 120 Å². The molecule has 1 aromatic rings. The first kappa shape index (κ1) is 15.6. The Bertz CT molecular complexity index is 345. The molecular weight excluding hydrogens is 271 g/mol. The van der Waals surface area contributed by atoms with Crippen molar-refractivity contribution in [3.8, 4) is 5.75 Å². The average Bonchev–Trinajstić information content (AvgIpc) is 2.34. The second kappa shape index (κ2) is 7.85. The van der Waals surface area contributed by atoms with Gasteiger partial charge in [0.1, 0.15) is 12.4 Å². The van der Waals surface area contributed by atoms with Crippen LogP contribution in [0.5, 0.6) is 5.75 Å². The van der Waals surface area contributed by atoms with Gasteiger partial charge in [-0.3, -0.25) is 4.90 Å². The van der Waals surface area contributed by atoms with Crippen molar-refractivity contribution in [1.82, 2.24) is 10.2 Å². The van der Waals surface area contributed by atoms with Crippen molar-refractivity contribution in [3.63, 3.8) is 0 Å². The standard InChI is InChI=1S/C13H19ClN2O.ClH/c1-11-10-15-6-7-16(11)8-9-17-13-4-2-12(14)3-5-13;/h2-5,11,15H,6-10H2,1H3;1H/t11-;/m1./s1. The zero-order valence-electron chi connectivity index (χ0n) is 10.6. The maximum atomic E-state index is 5.82. The highest BCUT2D eigenvalue weighted by Gasteiger charge is 2.16. The quantitative estimate of drug-likeness (QED) is 0.922. The number of halogens is 2. The van der Waals surface area contributed by atoms with Gasteiger partial charge in [-0.05, 0) is 31.2 Å². The van der Waals surface area contributed by atoms with Gasteiger partial charge in [-0.25, -0.2) is 0 Å². The summed E-state index contributed by atoms with van der Waals surface area (Å²) >= 11 is 5.82. The fraction of sp³-hybridized carbons (Fsp3) is 0.538. The largest absolute Gasteiger partial charge is 0.492 e. The summed E-state index contributed by atoms with van der Waals surface area (Å²) in [5.41, 5.74) is 0. The number of hydrogen-bond acceptors (Lipinski definition) is 3. The molecule has 0 saturated carbocycles. The molecule has 1 atom stereocenters. The van der Waals surface area contributed by atoms with Crippen LogP contribution in [0, 0.1) is 0 Å². The highest BCUT2D eigenvalue weighted by atomic mass is 35.5. The highest BCUT2D eigenvalue weighted by molar-refractivity contribution is 6.30. The number of nitrogens with one attached hydrogen (secondary N) is 1. The van der Waals surface area contributed by atoms with Crippen LogP contribution < -0.4 is 10.1 Å². The molecule has 0 bridgehead atoms. The summed E-state index contributed by atoms with van der Waals surface area (Å²) < 4.78 is 5.69. The maximum absolute atomic E-state index is 5.82. The molecule has 0 unspecified atom stereocenters. The monoisotopic (exact) mass is 290 g/mol. The van der Waals surface area contributed by atoms with Crippen LogP contribution in [-0.2, 0) is 0 Å². The van der Waals surface area contributed by atoms with Gasteiger partial charge >= 0.3 is 0 Å². The summed E-state index contributed by atoms with van der Waals surface area (Å²) in [6, 6.07) is 8.11. The van der Waals surface area contributed by atoms with E-state index in [9.17, 15) is 0 Å². The summed E-state index contributed by atoms with van der Waals surface area (Å²) in [5.74, 6) is 0.886. The van der Waals surface area contributed by atoms with E-state index in [0.717, 1.165) is 43.6 Å². The Balaban J connectivity index is 0.00000162. The third-order valence-electron chi connectivity index (χ3n) is 3.10. The molecule has 0 radical (unpaired) electrons. The summed E-state index contributed by atoms with van der Waals surface area (Å²) in [5, 5.41) is 4.13. The van der Waals surface area contributed by atoms with E-state index >= 15 is 0 Å². The average molecular weight is 291 g/mol. The lowest BCUT2D eigenvalue weighted by molar-refractivity contribution is 0.143. The van der Waals surface area contributed by atoms with Gasteiger partial charge in [-0.1, -0.05) is 11.6 Å². The van der Waals surface area contributed by atoms with Crippen LogP contribution in [0.25, 0.3) is 0 Å². The zero-order chi connectivity index (χ0) is 12.1. The van der Waals surface area contributed by atoms with E-state index in [-0.39, 0.29) is 12.4 Å². The molecule has 0 amide bonds. The van der Waals surface area contributed by atoms with Crippen molar-refractivity contribution >= 4 is 24.0 Å². The van der Waals surface area contributed by atoms with Crippen LogP contribution >= 0.6 is 24.0 Å². The number of ether oxygens (including phenoxy) is 1. The van der Waals surface area contributed by atoms with Gasteiger partial charge in [0, 0.05) is 37.2 Å². The third-order valence-corrected chi connectivity index (χ3v) is 3.35. The van der Waals surface area contributed by atoms with Crippen molar-refractivity contribution in [3.05, 3.63) is 29.3 Å². The zero-order valence-corrected chi connectivity index (χ0v) is 12.1. The number of nitrogens with zero attached hydrogens (tertiary/aromatic N) is 1. The minimum absolute atomic E-state index is 0. The second-order valence-electron chi connectivity index (χ2n) is 4.39. The molecule has 1 aliphatic heterocycles. The Morgan fingerprint density at radius 2 is 2.11 bits per heavy atom. The Morgan fingerprint density at radius 3 is 2.78 bits per heavy atom. The number of rotatable bonds is 4. The van der Waals surface area contributed by atoms with Crippen molar-refractivity contribution < 1.29 is 4.74 Å². The predicted molar refractivity (Wildman–Crippen MR) is 78.1 cm³/mol. The van der Waals surface area contributed by atoms with Gasteiger partial charge in [0.25, 0.3) is 0 Å². The van der Waals surface area contributed by atoms with Crippen LogP contribution in [0.1, 0.15) is 6.92 Å². The Kier molecular flexibility index (Phi) is 6.79. The minimum atomic E-state index is 0. The lowest BCUT2D eigenvalue weighted by atomic mass is 10.2. The molecule has 1 aliphatic rings. The first-order chi connectivity index (χ1) is 8.25. The normalized spacial score (nSPS) is 20.2. The minimum Gasteiger partial charge on any atom is -0.492 e. The maximum Gasteiger partial charge on any atom is 0.119 e. The molecule has 0 aromatic heterocycles. The molecule has 0 spiro atoms. The fourth-order valence-corrected chi connectivity index (χ4v) is 2.15. The molecule has 2 rings (SSSR count). The van der Waals surface area contributed by atoms with E-state index in [4.69, 9.17) is 16.3 Å². The lowest BCUT2D eigenvalue weighted by Crippen LogP contribution is -2.50. The van der Waals surface area contributed by atoms with E-state index in [1.807, 2.05) is 24.3 Å². The van der Waals surface area contributed by atoms with Gasteiger partial charge in [-0.2, -0.15) is 0 Å². The third kappa shape index (κ3) is 4.65. The van der Waals surface area contributed by atoms with Crippen molar-refractivity contribution in [2.45, 2.75) is 13.0 Å². The molecule has 1 fully saturated rings. The molecule has 1 N–H and O–H groups in total. The van der Waals surface area contributed by atoms with Crippen LogP contribution in [0.4, 0.5) is 0 Å². The van der Waals surface area contributed by atoms with Crippen molar-refractivity contribution in [2.75, 3.05) is 32.8 Å².